The first-order chi connectivity index (χ1) is 5.90. The molecule has 0 saturated carbocycles. The van der Waals surface area contributed by atoms with Crippen molar-refractivity contribution < 1.29 is 9.15 Å². The molecule has 1 aromatic heterocycles. The van der Waals surface area contributed by atoms with Gasteiger partial charge >= 0.3 is 0 Å². The highest BCUT2D eigenvalue weighted by molar-refractivity contribution is 5.14. The summed E-state index contributed by atoms with van der Waals surface area (Å²) in [6.07, 6.45) is 0. The van der Waals surface area contributed by atoms with Gasteiger partial charge in [-0.3, -0.25) is 0 Å². The fourth-order valence-corrected chi connectivity index (χ4v) is 1.32. The molecule has 1 N–H and O–H groups in total. The third-order valence-electron chi connectivity index (χ3n) is 2.15. The predicted molar refractivity (Wildman–Crippen MR) is 45.0 cm³/mol. The van der Waals surface area contributed by atoms with Crippen molar-refractivity contribution in [3.63, 3.8) is 0 Å². The maximum atomic E-state index is 5.56. The molecule has 3 heteroatoms. The molecule has 12 heavy (non-hydrogen) atoms. The fraction of sp³-hybridized carbons (Fsp3) is 0.556. The molecule has 1 aliphatic heterocycles. The average Bonchev–Trinajstić information content (AvgIpc) is 2.34. The lowest BCUT2D eigenvalue weighted by Gasteiger charge is -2.24. The smallest absolute Gasteiger partial charge is 0.129 e. The van der Waals surface area contributed by atoms with E-state index in [1.807, 2.05) is 12.1 Å². The van der Waals surface area contributed by atoms with E-state index in [0.29, 0.717) is 12.5 Å². The van der Waals surface area contributed by atoms with Crippen LogP contribution in [-0.4, -0.2) is 20.2 Å². The topological polar surface area (TPSA) is 34.4 Å². The highest BCUT2D eigenvalue weighted by Gasteiger charge is 2.21. The molecule has 0 unspecified atom stereocenters. The Morgan fingerprint density at radius 3 is 3.00 bits per heavy atom. The van der Waals surface area contributed by atoms with Crippen molar-refractivity contribution >= 4 is 0 Å². The highest BCUT2D eigenvalue weighted by atomic mass is 16.5. The van der Waals surface area contributed by atoms with E-state index in [-0.39, 0.29) is 0 Å². The first-order valence-electron chi connectivity index (χ1n) is 4.18. The van der Waals surface area contributed by atoms with E-state index in [9.17, 15) is 0 Å². The van der Waals surface area contributed by atoms with Crippen molar-refractivity contribution in [2.75, 3.05) is 20.2 Å². The summed E-state index contributed by atoms with van der Waals surface area (Å²) in [5.74, 6) is 2.58. The zero-order valence-electron chi connectivity index (χ0n) is 7.17. The molecule has 1 fully saturated rings. The maximum absolute atomic E-state index is 5.56. The maximum Gasteiger partial charge on any atom is 0.129 e. The first kappa shape index (κ1) is 7.83. The Bertz CT molecular complexity index is 253. The Morgan fingerprint density at radius 1 is 1.58 bits per heavy atom. The molecular weight excluding hydrogens is 154 g/mol. The highest BCUT2D eigenvalue weighted by Crippen LogP contribution is 2.22. The molecule has 0 radical (unpaired) electrons. The van der Waals surface area contributed by atoms with Crippen LogP contribution in [0.4, 0.5) is 0 Å². The third-order valence-corrected chi connectivity index (χ3v) is 2.15. The Hall–Kier alpha value is -0.800. The van der Waals surface area contributed by atoms with Gasteiger partial charge in [0.2, 0.25) is 0 Å². The molecule has 0 spiro atoms. The van der Waals surface area contributed by atoms with Crippen molar-refractivity contribution in [1.82, 2.24) is 5.32 Å². The largest absolute Gasteiger partial charge is 0.463 e. The van der Waals surface area contributed by atoms with Gasteiger partial charge in [-0.15, -0.1) is 0 Å². The minimum atomic E-state index is 0.570. The molecule has 1 saturated heterocycles. The molecular formula is C9H13NO2. The molecule has 0 aromatic carbocycles. The number of methoxy groups -OCH3 is 1. The van der Waals surface area contributed by atoms with Crippen LogP contribution in [0.15, 0.2) is 16.5 Å². The van der Waals surface area contributed by atoms with Gasteiger partial charge in [0.05, 0.1) is 0 Å². The van der Waals surface area contributed by atoms with E-state index in [1.165, 1.54) is 0 Å². The molecule has 3 nitrogen and oxygen atoms in total. The quantitative estimate of drug-likeness (QED) is 0.732. The molecule has 0 bridgehead atoms. The zero-order valence-corrected chi connectivity index (χ0v) is 7.17. The minimum Gasteiger partial charge on any atom is -0.463 e. The summed E-state index contributed by atoms with van der Waals surface area (Å²) in [4.78, 5) is 0. The molecule has 0 aliphatic carbocycles. The lowest BCUT2D eigenvalue weighted by atomic mass is 10.0. The second kappa shape index (κ2) is 3.29. The summed E-state index contributed by atoms with van der Waals surface area (Å²) in [7, 11) is 1.67. The van der Waals surface area contributed by atoms with E-state index >= 15 is 0 Å². The normalized spacial score (nSPS) is 17.8. The van der Waals surface area contributed by atoms with E-state index in [4.69, 9.17) is 9.15 Å². The third kappa shape index (κ3) is 1.38. The lowest BCUT2D eigenvalue weighted by Crippen LogP contribution is -2.39. The number of rotatable bonds is 3. The Morgan fingerprint density at radius 2 is 2.42 bits per heavy atom. The van der Waals surface area contributed by atoms with E-state index in [0.717, 1.165) is 24.6 Å². The Kier molecular flexibility index (Phi) is 2.15. The molecule has 0 amide bonds. The van der Waals surface area contributed by atoms with Crippen LogP contribution in [0.25, 0.3) is 0 Å². The molecule has 1 aliphatic rings. The Labute approximate surface area is 71.7 Å². The molecule has 2 rings (SSSR count). The molecule has 66 valence electrons. The van der Waals surface area contributed by atoms with Crippen molar-refractivity contribution in [1.29, 1.82) is 0 Å². The number of hydrogen-bond donors (Lipinski definition) is 1. The van der Waals surface area contributed by atoms with Gasteiger partial charge in [-0.1, -0.05) is 0 Å². The summed E-state index contributed by atoms with van der Waals surface area (Å²) in [5.41, 5.74) is 0. The van der Waals surface area contributed by atoms with Crippen LogP contribution in [0.2, 0.25) is 0 Å². The SMILES string of the molecule is COCc1ccc(C2CNC2)o1. The van der Waals surface area contributed by atoms with Crippen molar-refractivity contribution in [3.8, 4) is 0 Å². The Balaban J connectivity index is 2.02. The fourth-order valence-electron chi connectivity index (χ4n) is 1.32. The van der Waals surface area contributed by atoms with E-state index in [1.54, 1.807) is 7.11 Å². The van der Waals surface area contributed by atoms with E-state index < -0.39 is 0 Å². The van der Waals surface area contributed by atoms with Gasteiger partial charge in [0.15, 0.2) is 0 Å². The second-order valence-electron chi connectivity index (χ2n) is 3.09. The second-order valence-corrected chi connectivity index (χ2v) is 3.09. The predicted octanol–water partition coefficient (Wildman–Crippen LogP) is 1.11. The van der Waals surface area contributed by atoms with Crippen molar-refractivity contribution in [3.05, 3.63) is 23.7 Å². The van der Waals surface area contributed by atoms with Crippen molar-refractivity contribution in [2.24, 2.45) is 0 Å². The van der Waals surface area contributed by atoms with Gasteiger partial charge in [0.1, 0.15) is 18.1 Å². The number of furan rings is 1. The summed E-state index contributed by atoms with van der Waals surface area (Å²) < 4.78 is 10.5. The van der Waals surface area contributed by atoms with Gasteiger partial charge in [-0.05, 0) is 12.1 Å². The van der Waals surface area contributed by atoms with Crippen LogP contribution in [0.1, 0.15) is 17.4 Å². The molecule has 2 heterocycles. The molecule has 1 aromatic rings. The summed E-state index contributed by atoms with van der Waals surface area (Å²) in [5, 5.41) is 3.21. The van der Waals surface area contributed by atoms with Crippen molar-refractivity contribution in [2.45, 2.75) is 12.5 Å². The standard InChI is InChI=1S/C9H13NO2/c1-11-6-8-2-3-9(12-8)7-4-10-5-7/h2-3,7,10H,4-6H2,1H3. The van der Waals surface area contributed by atoms with Crippen LogP contribution in [0.3, 0.4) is 0 Å². The summed E-state index contributed by atoms with van der Waals surface area (Å²) >= 11 is 0. The van der Waals surface area contributed by atoms with Crippen LogP contribution in [0.5, 0.6) is 0 Å². The van der Waals surface area contributed by atoms with E-state index in [2.05, 4.69) is 5.32 Å². The summed E-state index contributed by atoms with van der Waals surface area (Å²) in [6.45, 7) is 2.65. The lowest BCUT2D eigenvalue weighted by molar-refractivity contribution is 0.161. The number of nitrogens with one attached hydrogen (secondary N) is 1. The van der Waals surface area contributed by atoms with Crippen LogP contribution in [-0.2, 0) is 11.3 Å². The van der Waals surface area contributed by atoms with Gasteiger partial charge in [-0.2, -0.15) is 0 Å². The number of hydrogen-bond acceptors (Lipinski definition) is 3. The van der Waals surface area contributed by atoms with Gasteiger partial charge in [-0.25, -0.2) is 0 Å². The van der Waals surface area contributed by atoms with Crippen LogP contribution in [0, 0.1) is 0 Å². The monoisotopic (exact) mass is 167 g/mol. The van der Waals surface area contributed by atoms with Gasteiger partial charge in [0, 0.05) is 26.1 Å². The minimum absolute atomic E-state index is 0.570. The zero-order chi connectivity index (χ0) is 8.39. The van der Waals surface area contributed by atoms with Crippen LogP contribution < -0.4 is 5.32 Å². The van der Waals surface area contributed by atoms with Crippen LogP contribution >= 0.6 is 0 Å². The molecule has 0 atom stereocenters. The summed E-state index contributed by atoms with van der Waals surface area (Å²) in [6, 6.07) is 4.02. The number of ether oxygens (including phenoxy) is 1. The average molecular weight is 167 g/mol. The van der Waals surface area contributed by atoms with Gasteiger partial charge in [0.25, 0.3) is 0 Å². The van der Waals surface area contributed by atoms with Gasteiger partial charge < -0.3 is 14.5 Å². The first-order valence-corrected chi connectivity index (χ1v) is 4.18.